The van der Waals surface area contributed by atoms with Gasteiger partial charge in [-0.25, -0.2) is 14.2 Å². The molecule has 6 nitrogen and oxygen atoms in total. The van der Waals surface area contributed by atoms with Crippen molar-refractivity contribution in [2.24, 2.45) is 0 Å². The molecule has 9 rings (SSSR count). The predicted molar refractivity (Wildman–Crippen MR) is 227 cm³/mol. The van der Waals surface area contributed by atoms with Crippen molar-refractivity contribution in [3.05, 3.63) is 174 Å². The summed E-state index contributed by atoms with van der Waals surface area (Å²) in [6.07, 6.45) is 1.81. The lowest BCUT2D eigenvalue weighted by molar-refractivity contribution is 0.483. The molecule has 2 aromatic heterocycles. The second kappa shape index (κ2) is 14.1. The van der Waals surface area contributed by atoms with E-state index in [1.54, 1.807) is 18.3 Å². The summed E-state index contributed by atoms with van der Waals surface area (Å²) in [6.45, 7) is 17.4. The highest BCUT2D eigenvalue weighted by Gasteiger charge is 2.32. The van der Waals surface area contributed by atoms with Crippen LogP contribution in [0.1, 0.15) is 50.7 Å². The quantitative estimate of drug-likeness (QED) is 0.146. The topological polar surface area (TPSA) is 37.9 Å². The monoisotopic (exact) mass is 733 g/mol. The molecule has 56 heavy (non-hydrogen) atoms. The zero-order valence-electron chi connectivity index (χ0n) is 31.7. The second-order valence-electron chi connectivity index (χ2n) is 14.9. The summed E-state index contributed by atoms with van der Waals surface area (Å²) in [5.41, 5.74) is 10.4. The number of halogens is 1. The summed E-state index contributed by atoms with van der Waals surface area (Å²) in [6, 6.07) is 45.8. The molecule has 0 radical (unpaired) electrons. The molecule has 0 bridgehead atoms. The van der Waals surface area contributed by atoms with Gasteiger partial charge >= 0.3 is 0 Å². The Kier molecular flexibility index (Phi) is 8.75. The second-order valence-corrected chi connectivity index (χ2v) is 14.9. The van der Waals surface area contributed by atoms with Crippen LogP contribution < -0.4 is 14.5 Å². The van der Waals surface area contributed by atoms with E-state index in [4.69, 9.17) is 11.3 Å². The van der Waals surface area contributed by atoms with E-state index in [2.05, 4.69) is 113 Å². The molecule has 0 aliphatic carbocycles. The Hall–Kier alpha value is -6.91. The Morgan fingerprint density at radius 1 is 0.661 bits per heavy atom. The van der Waals surface area contributed by atoms with Crippen molar-refractivity contribution >= 4 is 50.2 Å². The maximum atomic E-state index is 15.2. The number of hydrogen-bond acceptors (Lipinski definition) is 4. The third-order valence-corrected chi connectivity index (χ3v) is 10.7. The molecule has 1 aliphatic rings. The van der Waals surface area contributed by atoms with Gasteiger partial charge in [0, 0.05) is 46.0 Å². The lowest BCUT2D eigenvalue weighted by Gasteiger charge is -2.30. The Labute approximate surface area is 326 Å². The van der Waals surface area contributed by atoms with Crippen molar-refractivity contribution in [1.82, 2.24) is 9.55 Å². The van der Waals surface area contributed by atoms with Crippen LogP contribution in [0.3, 0.4) is 0 Å². The molecule has 0 unspecified atom stereocenters. The minimum atomic E-state index is -0.226. The first-order valence-electron chi connectivity index (χ1n) is 19.0. The molecule has 0 saturated carbocycles. The Balaban J connectivity index is 1.12. The number of rotatable bonds is 8. The van der Waals surface area contributed by atoms with Gasteiger partial charge in [0.15, 0.2) is 5.69 Å². The number of aromatic nitrogens is 2. The van der Waals surface area contributed by atoms with E-state index in [0.29, 0.717) is 29.4 Å². The number of ether oxygens (including phenoxy) is 1. The summed E-state index contributed by atoms with van der Waals surface area (Å²) >= 11 is 0. The zero-order chi connectivity index (χ0) is 38.5. The van der Waals surface area contributed by atoms with E-state index in [1.807, 2.05) is 60.7 Å². The number of pyridine rings is 1. The van der Waals surface area contributed by atoms with E-state index >= 15 is 4.39 Å². The largest absolute Gasteiger partial charge is 0.459 e. The standard InChI is InChI=1S/C49H40FN5O/c1-31(2)41-24-33(38-14-6-8-16-43(38)50)25-42(32(3)4)49(41)54-30-53(45-18-10-11-19-46(45)54)35-26-34(51-5)27-37(28-35)56-36-21-22-40-39-15-7-9-17-44(39)55(47(40)29-36)48-20-12-13-23-52-48/h6-29,31-32H,30H2,1-4H3. The van der Waals surface area contributed by atoms with Crippen molar-refractivity contribution in [3.8, 4) is 28.4 Å². The molecule has 1 aliphatic heterocycles. The molecule has 0 N–H and O–H groups in total. The van der Waals surface area contributed by atoms with Gasteiger partial charge in [0.1, 0.15) is 29.8 Å². The van der Waals surface area contributed by atoms with Crippen LogP contribution >= 0.6 is 0 Å². The zero-order valence-corrected chi connectivity index (χ0v) is 31.7. The number of fused-ring (bicyclic) bond motifs is 4. The Bertz CT molecular complexity index is 2790. The first kappa shape index (κ1) is 34.8. The third-order valence-electron chi connectivity index (χ3n) is 10.7. The SMILES string of the molecule is [C-]#[N+]c1cc(Oc2ccc3c4ccccc4n(-c4ccccn4)c3c2)cc(N2CN(c3c(C(C)C)cc(-c4ccccc4F)cc3C(C)C)c3ccccc32)c1. The first-order chi connectivity index (χ1) is 27.3. The van der Waals surface area contributed by atoms with Crippen LogP contribution in [-0.4, -0.2) is 16.2 Å². The average Bonchev–Trinajstić information content (AvgIpc) is 3.76. The minimum absolute atomic E-state index is 0.176. The van der Waals surface area contributed by atoms with Gasteiger partial charge in [-0.2, -0.15) is 0 Å². The average molecular weight is 734 g/mol. The van der Waals surface area contributed by atoms with E-state index in [-0.39, 0.29) is 17.7 Å². The molecule has 0 atom stereocenters. The van der Waals surface area contributed by atoms with Crippen LogP contribution in [0.2, 0.25) is 0 Å². The number of nitrogens with zero attached hydrogens (tertiary/aromatic N) is 5. The molecule has 7 heteroatoms. The fraction of sp³-hybridized carbons (Fsp3) is 0.143. The van der Waals surface area contributed by atoms with Gasteiger partial charge in [-0.05, 0) is 101 Å². The molecular formula is C49H40FN5O. The molecule has 274 valence electrons. The minimum Gasteiger partial charge on any atom is -0.459 e. The van der Waals surface area contributed by atoms with Gasteiger partial charge in [-0.15, -0.1) is 0 Å². The normalized spacial score (nSPS) is 12.5. The molecule has 0 spiro atoms. The van der Waals surface area contributed by atoms with Crippen LogP contribution in [-0.2, 0) is 0 Å². The summed E-state index contributed by atoms with van der Waals surface area (Å²) in [5, 5.41) is 2.24. The van der Waals surface area contributed by atoms with Crippen LogP contribution in [0.15, 0.2) is 146 Å². The van der Waals surface area contributed by atoms with Crippen molar-refractivity contribution < 1.29 is 9.13 Å². The van der Waals surface area contributed by atoms with Gasteiger partial charge in [0.2, 0.25) is 0 Å². The lowest BCUT2D eigenvalue weighted by Crippen LogP contribution is -2.26. The smallest absolute Gasteiger partial charge is 0.192 e. The molecule has 8 aromatic rings. The van der Waals surface area contributed by atoms with Crippen LogP contribution in [0.5, 0.6) is 11.5 Å². The highest BCUT2D eigenvalue weighted by molar-refractivity contribution is 6.09. The number of hydrogen-bond donors (Lipinski definition) is 0. The summed E-state index contributed by atoms with van der Waals surface area (Å²) in [7, 11) is 0. The van der Waals surface area contributed by atoms with Crippen molar-refractivity contribution in [2.45, 2.75) is 39.5 Å². The highest BCUT2D eigenvalue weighted by atomic mass is 19.1. The van der Waals surface area contributed by atoms with Gasteiger partial charge in [-0.1, -0.05) is 82.3 Å². The number of anilines is 4. The molecule has 6 aromatic carbocycles. The van der Waals surface area contributed by atoms with Crippen molar-refractivity contribution in [1.29, 1.82) is 0 Å². The summed E-state index contributed by atoms with van der Waals surface area (Å²) in [5.74, 6) is 2.18. The van der Waals surface area contributed by atoms with Crippen LogP contribution in [0, 0.1) is 12.4 Å². The van der Waals surface area contributed by atoms with E-state index < -0.39 is 0 Å². The van der Waals surface area contributed by atoms with Gasteiger partial charge in [-0.3, -0.25) is 4.57 Å². The number of para-hydroxylation sites is 3. The fourth-order valence-electron chi connectivity index (χ4n) is 8.08. The maximum Gasteiger partial charge on any atom is 0.192 e. The predicted octanol–water partition coefficient (Wildman–Crippen LogP) is 13.8. The molecule has 0 fully saturated rings. The summed E-state index contributed by atoms with van der Waals surface area (Å²) < 4.78 is 24.0. The van der Waals surface area contributed by atoms with E-state index in [9.17, 15) is 0 Å². The van der Waals surface area contributed by atoms with Gasteiger partial charge in [0.25, 0.3) is 0 Å². The fourth-order valence-corrected chi connectivity index (χ4v) is 8.08. The Morgan fingerprint density at radius 3 is 2.05 bits per heavy atom. The molecular weight excluding hydrogens is 694 g/mol. The molecule has 0 amide bonds. The van der Waals surface area contributed by atoms with Crippen LogP contribution in [0.4, 0.5) is 32.8 Å². The highest BCUT2D eigenvalue weighted by Crippen LogP contribution is 2.50. The maximum absolute atomic E-state index is 15.2. The Morgan fingerprint density at radius 2 is 1.34 bits per heavy atom. The van der Waals surface area contributed by atoms with Crippen molar-refractivity contribution in [3.63, 3.8) is 0 Å². The number of benzene rings is 6. The summed E-state index contributed by atoms with van der Waals surface area (Å²) in [4.78, 5) is 13.2. The van der Waals surface area contributed by atoms with Gasteiger partial charge < -0.3 is 14.5 Å². The molecule has 0 saturated heterocycles. The van der Waals surface area contributed by atoms with E-state index in [0.717, 1.165) is 67.1 Å². The molecule has 3 heterocycles. The lowest BCUT2D eigenvalue weighted by atomic mass is 9.87. The van der Waals surface area contributed by atoms with Crippen LogP contribution in [0.25, 0.3) is 43.6 Å². The van der Waals surface area contributed by atoms with Crippen molar-refractivity contribution in [2.75, 3.05) is 16.5 Å². The first-order valence-corrected chi connectivity index (χ1v) is 19.0. The third kappa shape index (κ3) is 6.00. The van der Waals surface area contributed by atoms with E-state index in [1.165, 1.54) is 6.07 Å². The van der Waals surface area contributed by atoms with Gasteiger partial charge in [0.05, 0.1) is 29.0 Å².